The van der Waals surface area contributed by atoms with Crippen molar-refractivity contribution < 1.29 is 17.9 Å². The lowest BCUT2D eigenvalue weighted by molar-refractivity contribution is -0.174. The zero-order chi connectivity index (χ0) is 12.9. The molecule has 1 fully saturated rings. The highest BCUT2D eigenvalue weighted by molar-refractivity contribution is 4.78. The summed E-state index contributed by atoms with van der Waals surface area (Å²) in [4.78, 5) is 2.18. The third kappa shape index (κ3) is 6.24. The molecule has 0 saturated carbocycles. The third-order valence-corrected chi connectivity index (χ3v) is 2.98. The van der Waals surface area contributed by atoms with E-state index in [1.54, 1.807) is 0 Å². The molecule has 17 heavy (non-hydrogen) atoms. The van der Waals surface area contributed by atoms with Gasteiger partial charge < -0.3 is 10.1 Å². The fourth-order valence-electron chi connectivity index (χ4n) is 2.00. The first-order chi connectivity index (χ1) is 7.88. The molecule has 1 heterocycles. The summed E-state index contributed by atoms with van der Waals surface area (Å²) in [5, 5.41) is 3.36. The van der Waals surface area contributed by atoms with E-state index in [9.17, 15) is 13.2 Å². The van der Waals surface area contributed by atoms with Crippen LogP contribution in [0.4, 0.5) is 13.2 Å². The van der Waals surface area contributed by atoms with E-state index in [2.05, 4.69) is 28.8 Å². The monoisotopic (exact) mass is 254 g/mol. The highest BCUT2D eigenvalue weighted by Crippen LogP contribution is 2.14. The Bertz CT molecular complexity index is 223. The summed E-state index contributed by atoms with van der Waals surface area (Å²) in [6, 6.07) is 0.768. The lowest BCUT2D eigenvalue weighted by Gasteiger charge is -2.27. The van der Waals surface area contributed by atoms with Gasteiger partial charge in [0.25, 0.3) is 0 Å². The number of rotatable bonds is 4. The lowest BCUT2D eigenvalue weighted by Crippen LogP contribution is -2.40. The van der Waals surface area contributed by atoms with Crippen molar-refractivity contribution in [1.29, 1.82) is 0 Å². The smallest absolute Gasteiger partial charge is 0.371 e. The molecule has 1 rings (SSSR count). The molecule has 2 atom stereocenters. The summed E-state index contributed by atoms with van der Waals surface area (Å²) < 4.78 is 40.3. The van der Waals surface area contributed by atoms with Crippen LogP contribution in [0.15, 0.2) is 0 Å². The van der Waals surface area contributed by atoms with Crippen molar-refractivity contribution in [1.82, 2.24) is 10.2 Å². The molecule has 0 amide bonds. The number of halogens is 3. The van der Waals surface area contributed by atoms with Crippen LogP contribution in [0.2, 0.25) is 0 Å². The van der Waals surface area contributed by atoms with E-state index >= 15 is 0 Å². The molecule has 1 N–H and O–H groups in total. The van der Waals surface area contributed by atoms with E-state index in [-0.39, 0.29) is 6.61 Å². The van der Waals surface area contributed by atoms with Gasteiger partial charge in [-0.15, -0.1) is 0 Å². The average Bonchev–Trinajstić information content (AvgIpc) is 2.35. The average molecular weight is 254 g/mol. The number of ether oxygens (including phenoxy) is 1. The number of nitrogens with zero attached hydrogens (tertiary/aromatic N) is 1. The van der Waals surface area contributed by atoms with Crippen LogP contribution in [-0.4, -0.2) is 56.0 Å². The Morgan fingerprint density at radius 3 is 2.71 bits per heavy atom. The maximum absolute atomic E-state index is 11.9. The first-order valence-electron chi connectivity index (χ1n) is 6.00. The van der Waals surface area contributed by atoms with Gasteiger partial charge in [0.2, 0.25) is 0 Å². The minimum Gasteiger partial charge on any atom is -0.371 e. The van der Waals surface area contributed by atoms with Gasteiger partial charge in [0, 0.05) is 25.2 Å². The molecular formula is C11H21F3N2O. The molecule has 0 aromatic heterocycles. The van der Waals surface area contributed by atoms with Gasteiger partial charge >= 0.3 is 6.18 Å². The van der Waals surface area contributed by atoms with Crippen molar-refractivity contribution in [2.75, 3.05) is 32.8 Å². The van der Waals surface area contributed by atoms with Crippen LogP contribution in [0.3, 0.4) is 0 Å². The highest BCUT2D eigenvalue weighted by Gasteiger charge is 2.27. The number of hydrogen-bond donors (Lipinski definition) is 1. The van der Waals surface area contributed by atoms with Gasteiger partial charge in [0.05, 0.1) is 6.61 Å². The van der Waals surface area contributed by atoms with Gasteiger partial charge in [0.15, 0.2) is 0 Å². The number of alkyl halides is 3. The van der Waals surface area contributed by atoms with E-state index in [0.717, 1.165) is 19.5 Å². The lowest BCUT2D eigenvalue weighted by atomic mass is 10.2. The Kier molecular flexibility index (Phi) is 5.69. The van der Waals surface area contributed by atoms with Crippen molar-refractivity contribution in [2.24, 2.45) is 0 Å². The van der Waals surface area contributed by atoms with Crippen LogP contribution in [0.25, 0.3) is 0 Å². The predicted octanol–water partition coefficient (Wildman–Crippen LogP) is 1.64. The summed E-state index contributed by atoms with van der Waals surface area (Å²) in [5.41, 5.74) is 0. The predicted molar refractivity (Wildman–Crippen MR) is 60.0 cm³/mol. The normalized spacial score (nSPS) is 28.1. The Morgan fingerprint density at radius 1 is 1.35 bits per heavy atom. The molecule has 0 spiro atoms. The first kappa shape index (κ1) is 14.7. The van der Waals surface area contributed by atoms with Gasteiger partial charge in [-0.1, -0.05) is 0 Å². The second-order valence-corrected chi connectivity index (χ2v) is 4.66. The van der Waals surface area contributed by atoms with Crippen molar-refractivity contribution in [3.05, 3.63) is 0 Å². The minimum atomic E-state index is -4.22. The molecule has 102 valence electrons. The van der Waals surface area contributed by atoms with Gasteiger partial charge in [-0.05, 0) is 26.8 Å². The van der Waals surface area contributed by atoms with Gasteiger partial charge in [-0.25, -0.2) is 0 Å². The fourth-order valence-corrected chi connectivity index (χ4v) is 2.00. The second-order valence-electron chi connectivity index (χ2n) is 4.66. The molecule has 0 aromatic carbocycles. The molecule has 0 bridgehead atoms. The summed E-state index contributed by atoms with van der Waals surface area (Å²) in [6.07, 6.45) is -3.21. The number of hydrogen-bond acceptors (Lipinski definition) is 3. The van der Waals surface area contributed by atoms with Crippen molar-refractivity contribution in [3.8, 4) is 0 Å². The minimum absolute atomic E-state index is 0.135. The van der Waals surface area contributed by atoms with E-state index in [1.807, 2.05) is 0 Å². The van der Waals surface area contributed by atoms with Crippen LogP contribution in [-0.2, 0) is 4.74 Å². The quantitative estimate of drug-likeness (QED) is 0.772. The standard InChI is InChI=1S/C11H21F3N2O/c1-9-7-16(10(2)3-4-15-9)5-6-17-8-11(12,13)14/h9-10,15H,3-8H2,1-2H3. The van der Waals surface area contributed by atoms with Gasteiger partial charge in [-0.3, -0.25) is 4.90 Å². The summed E-state index contributed by atoms with van der Waals surface area (Å²) >= 11 is 0. The van der Waals surface area contributed by atoms with Crippen molar-refractivity contribution in [2.45, 2.75) is 38.5 Å². The molecule has 1 saturated heterocycles. The summed E-state index contributed by atoms with van der Waals surface area (Å²) in [5.74, 6) is 0. The van der Waals surface area contributed by atoms with Gasteiger partial charge in [0.1, 0.15) is 6.61 Å². The van der Waals surface area contributed by atoms with Crippen LogP contribution in [0.5, 0.6) is 0 Å². The molecular weight excluding hydrogens is 233 g/mol. The largest absolute Gasteiger partial charge is 0.411 e. The van der Waals surface area contributed by atoms with Crippen LogP contribution >= 0.6 is 0 Å². The first-order valence-corrected chi connectivity index (χ1v) is 6.00. The molecule has 1 aliphatic rings. The van der Waals surface area contributed by atoms with Crippen LogP contribution in [0, 0.1) is 0 Å². The Balaban J connectivity index is 2.24. The SMILES string of the molecule is CC1CN(CCOCC(F)(F)F)C(C)CCN1. The zero-order valence-electron chi connectivity index (χ0n) is 10.4. The summed E-state index contributed by atoms with van der Waals surface area (Å²) in [6.45, 7) is 5.55. The van der Waals surface area contributed by atoms with E-state index < -0.39 is 12.8 Å². The Hall–Kier alpha value is -0.330. The highest BCUT2D eigenvalue weighted by atomic mass is 19.4. The molecule has 0 radical (unpaired) electrons. The molecule has 6 heteroatoms. The molecule has 0 aliphatic carbocycles. The molecule has 3 nitrogen and oxygen atoms in total. The van der Waals surface area contributed by atoms with E-state index in [4.69, 9.17) is 0 Å². The molecule has 2 unspecified atom stereocenters. The summed E-state index contributed by atoms with van der Waals surface area (Å²) in [7, 11) is 0. The Labute approximate surface area is 100 Å². The van der Waals surface area contributed by atoms with Gasteiger partial charge in [-0.2, -0.15) is 13.2 Å². The van der Waals surface area contributed by atoms with E-state index in [0.29, 0.717) is 18.6 Å². The second kappa shape index (κ2) is 6.56. The van der Waals surface area contributed by atoms with Crippen molar-refractivity contribution in [3.63, 3.8) is 0 Å². The molecule has 1 aliphatic heterocycles. The maximum Gasteiger partial charge on any atom is 0.411 e. The van der Waals surface area contributed by atoms with Crippen LogP contribution in [0.1, 0.15) is 20.3 Å². The third-order valence-electron chi connectivity index (χ3n) is 2.98. The van der Waals surface area contributed by atoms with Crippen LogP contribution < -0.4 is 5.32 Å². The van der Waals surface area contributed by atoms with E-state index in [1.165, 1.54) is 0 Å². The van der Waals surface area contributed by atoms with Crippen molar-refractivity contribution >= 4 is 0 Å². The zero-order valence-corrected chi connectivity index (χ0v) is 10.4. The maximum atomic E-state index is 11.9. The Morgan fingerprint density at radius 2 is 2.06 bits per heavy atom. The fraction of sp³-hybridized carbons (Fsp3) is 1.00. The topological polar surface area (TPSA) is 24.5 Å². The molecule has 0 aromatic rings. The number of nitrogens with one attached hydrogen (secondary N) is 1.